The number of benzene rings is 2. The Hall–Kier alpha value is -1.39. The summed E-state index contributed by atoms with van der Waals surface area (Å²) in [6, 6.07) is 10.5. The average molecular weight is 266 g/mol. The molecule has 0 heterocycles. The molecule has 0 bridgehead atoms. The molecule has 1 atom stereocenters. The van der Waals surface area contributed by atoms with Crippen LogP contribution in [-0.2, 0) is 0 Å². The van der Waals surface area contributed by atoms with Crippen LogP contribution in [0.1, 0.15) is 18.6 Å². The maximum absolute atomic E-state index is 13.8. The van der Waals surface area contributed by atoms with Crippen LogP contribution in [-0.4, -0.2) is 5.11 Å². The fraction of sp³-hybridized carbons (Fsp3) is 0.143. The Balaban J connectivity index is 2.22. The van der Waals surface area contributed by atoms with Gasteiger partial charge in [0.2, 0.25) is 0 Å². The first-order valence-electron chi connectivity index (χ1n) is 5.47. The highest BCUT2D eigenvalue weighted by Gasteiger charge is 2.08. The monoisotopic (exact) mass is 266 g/mol. The molecule has 2 aromatic carbocycles. The third-order valence-electron chi connectivity index (χ3n) is 2.48. The third-order valence-corrected chi connectivity index (χ3v) is 3.54. The topological polar surface area (TPSA) is 20.2 Å². The smallest absolute Gasteiger partial charge is 0.137 e. The zero-order valence-corrected chi connectivity index (χ0v) is 10.5. The molecule has 4 heteroatoms. The van der Waals surface area contributed by atoms with Gasteiger partial charge in [-0.05, 0) is 48.9 Å². The molecule has 1 unspecified atom stereocenters. The van der Waals surface area contributed by atoms with Crippen molar-refractivity contribution in [3.63, 3.8) is 0 Å². The van der Waals surface area contributed by atoms with E-state index in [1.165, 1.54) is 30.0 Å². The Labute approximate surface area is 108 Å². The van der Waals surface area contributed by atoms with E-state index in [4.69, 9.17) is 0 Å². The predicted molar refractivity (Wildman–Crippen MR) is 67.6 cm³/mol. The summed E-state index contributed by atoms with van der Waals surface area (Å²) in [6.45, 7) is 1.58. The Kier molecular flexibility index (Phi) is 3.99. The van der Waals surface area contributed by atoms with Crippen LogP contribution in [0, 0.1) is 11.6 Å². The lowest BCUT2D eigenvalue weighted by Crippen LogP contribution is -1.92. The van der Waals surface area contributed by atoms with Crippen LogP contribution in [0.3, 0.4) is 0 Å². The molecule has 0 aliphatic heterocycles. The highest BCUT2D eigenvalue weighted by Crippen LogP contribution is 2.31. The van der Waals surface area contributed by atoms with Gasteiger partial charge in [0.05, 0.1) is 6.10 Å². The van der Waals surface area contributed by atoms with E-state index in [1.54, 1.807) is 31.2 Å². The minimum Gasteiger partial charge on any atom is -0.389 e. The molecule has 0 spiro atoms. The van der Waals surface area contributed by atoms with E-state index in [9.17, 15) is 13.9 Å². The lowest BCUT2D eigenvalue weighted by atomic mass is 10.1. The fourth-order valence-electron chi connectivity index (χ4n) is 1.49. The minimum absolute atomic E-state index is 0.315. The van der Waals surface area contributed by atoms with Gasteiger partial charge >= 0.3 is 0 Å². The molecule has 0 aliphatic rings. The van der Waals surface area contributed by atoms with Gasteiger partial charge in [-0.25, -0.2) is 8.78 Å². The number of hydrogen-bond acceptors (Lipinski definition) is 2. The first-order chi connectivity index (χ1) is 8.56. The van der Waals surface area contributed by atoms with Crippen LogP contribution in [0.5, 0.6) is 0 Å². The Bertz CT molecular complexity index is 538. The van der Waals surface area contributed by atoms with Gasteiger partial charge < -0.3 is 5.11 Å². The number of halogens is 2. The van der Waals surface area contributed by atoms with Crippen molar-refractivity contribution in [1.82, 2.24) is 0 Å². The second kappa shape index (κ2) is 5.50. The van der Waals surface area contributed by atoms with Gasteiger partial charge in [-0.1, -0.05) is 17.8 Å². The highest BCUT2D eigenvalue weighted by molar-refractivity contribution is 7.99. The molecule has 94 valence electrons. The van der Waals surface area contributed by atoms with Gasteiger partial charge in [0.25, 0.3) is 0 Å². The summed E-state index contributed by atoms with van der Waals surface area (Å²) < 4.78 is 26.5. The summed E-state index contributed by atoms with van der Waals surface area (Å²) in [7, 11) is 0. The van der Waals surface area contributed by atoms with E-state index < -0.39 is 6.10 Å². The number of aliphatic hydroxyl groups is 1. The van der Waals surface area contributed by atoms with Gasteiger partial charge in [-0.15, -0.1) is 0 Å². The van der Waals surface area contributed by atoms with E-state index in [0.717, 1.165) is 4.90 Å². The quantitative estimate of drug-likeness (QED) is 0.899. The number of aliphatic hydroxyl groups excluding tert-OH is 1. The van der Waals surface area contributed by atoms with Crippen LogP contribution in [0.25, 0.3) is 0 Å². The molecule has 0 aromatic heterocycles. The van der Waals surface area contributed by atoms with Crippen molar-refractivity contribution in [3.05, 3.63) is 59.7 Å². The van der Waals surface area contributed by atoms with E-state index in [2.05, 4.69) is 0 Å². The molecular weight excluding hydrogens is 254 g/mol. The first-order valence-corrected chi connectivity index (χ1v) is 6.29. The van der Waals surface area contributed by atoms with Gasteiger partial charge in [0.15, 0.2) is 0 Å². The standard InChI is InChI=1S/C14H12F2OS/c1-9(17)10-2-7-14(13(16)8-10)18-12-5-3-11(15)4-6-12/h2-9,17H,1H3. The zero-order chi connectivity index (χ0) is 13.1. The second-order valence-corrected chi connectivity index (χ2v) is 5.04. The minimum atomic E-state index is -0.690. The summed E-state index contributed by atoms with van der Waals surface area (Å²) >= 11 is 1.22. The molecule has 18 heavy (non-hydrogen) atoms. The molecule has 2 aromatic rings. The Morgan fingerprint density at radius 1 is 1.06 bits per heavy atom. The molecule has 1 N–H and O–H groups in total. The van der Waals surface area contributed by atoms with Gasteiger partial charge in [-0.2, -0.15) is 0 Å². The molecule has 0 saturated heterocycles. The lowest BCUT2D eigenvalue weighted by molar-refractivity contribution is 0.198. The van der Waals surface area contributed by atoms with Crippen LogP contribution >= 0.6 is 11.8 Å². The van der Waals surface area contributed by atoms with Crippen molar-refractivity contribution in [2.75, 3.05) is 0 Å². The molecule has 0 fully saturated rings. The van der Waals surface area contributed by atoms with Crippen molar-refractivity contribution in [3.8, 4) is 0 Å². The van der Waals surface area contributed by atoms with Gasteiger partial charge in [-0.3, -0.25) is 0 Å². The van der Waals surface area contributed by atoms with Crippen molar-refractivity contribution < 1.29 is 13.9 Å². The first kappa shape index (κ1) is 13.1. The van der Waals surface area contributed by atoms with E-state index in [-0.39, 0.29) is 11.6 Å². The highest BCUT2D eigenvalue weighted by atomic mass is 32.2. The van der Waals surface area contributed by atoms with Crippen LogP contribution in [0.4, 0.5) is 8.78 Å². The molecule has 0 saturated carbocycles. The predicted octanol–water partition coefficient (Wildman–Crippen LogP) is 4.17. The normalized spacial score (nSPS) is 12.4. The van der Waals surface area contributed by atoms with Crippen molar-refractivity contribution >= 4 is 11.8 Å². The second-order valence-electron chi connectivity index (χ2n) is 3.92. The van der Waals surface area contributed by atoms with Gasteiger partial charge in [0, 0.05) is 9.79 Å². The van der Waals surface area contributed by atoms with E-state index in [1.807, 2.05) is 0 Å². The molecule has 1 nitrogen and oxygen atoms in total. The third kappa shape index (κ3) is 3.09. The number of rotatable bonds is 3. The molecule has 0 aliphatic carbocycles. The van der Waals surface area contributed by atoms with Crippen LogP contribution in [0.2, 0.25) is 0 Å². The maximum Gasteiger partial charge on any atom is 0.137 e. The van der Waals surface area contributed by atoms with E-state index >= 15 is 0 Å². The average Bonchev–Trinajstić information content (AvgIpc) is 2.34. The largest absolute Gasteiger partial charge is 0.389 e. The summed E-state index contributed by atoms with van der Waals surface area (Å²) in [5, 5.41) is 9.34. The van der Waals surface area contributed by atoms with Gasteiger partial charge in [0.1, 0.15) is 11.6 Å². The van der Waals surface area contributed by atoms with E-state index in [0.29, 0.717) is 10.5 Å². The zero-order valence-electron chi connectivity index (χ0n) is 9.73. The Morgan fingerprint density at radius 3 is 2.28 bits per heavy atom. The molecule has 2 rings (SSSR count). The summed E-state index contributed by atoms with van der Waals surface area (Å²) in [4.78, 5) is 1.21. The Morgan fingerprint density at radius 2 is 1.72 bits per heavy atom. The van der Waals surface area contributed by atoms with Crippen molar-refractivity contribution in [2.45, 2.75) is 22.8 Å². The number of hydrogen-bond donors (Lipinski definition) is 1. The van der Waals surface area contributed by atoms with Crippen molar-refractivity contribution in [1.29, 1.82) is 0 Å². The summed E-state index contributed by atoms with van der Waals surface area (Å²) in [5.41, 5.74) is 0.538. The van der Waals surface area contributed by atoms with Crippen LogP contribution < -0.4 is 0 Å². The van der Waals surface area contributed by atoms with Crippen molar-refractivity contribution in [2.24, 2.45) is 0 Å². The maximum atomic E-state index is 13.8. The SMILES string of the molecule is CC(O)c1ccc(Sc2ccc(F)cc2)c(F)c1. The fourth-order valence-corrected chi connectivity index (χ4v) is 2.31. The summed E-state index contributed by atoms with van der Waals surface area (Å²) in [6.07, 6.45) is -0.690. The molecule has 0 radical (unpaired) electrons. The summed E-state index contributed by atoms with van der Waals surface area (Å²) in [5.74, 6) is -0.702. The molecule has 0 amide bonds. The lowest BCUT2D eigenvalue weighted by Gasteiger charge is -2.08. The molecular formula is C14H12F2OS. The van der Waals surface area contributed by atoms with Crippen LogP contribution in [0.15, 0.2) is 52.3 Å².